The first-order chi connectivity index (χ1) is 21.9. The van der Waals surface area contributed by atoms with Crippen molar-refractivity contribution in [2.45, 2.75) is 57.0 Å². The largest absolute Gasteiger partial charge is 0.340 e. The number of aromatic nitrogens is 4. The van der Waals surface area contributed by atoms with Gasteiger partial charge in [0.15, 0.2) is 0 Å². The van der Waals surface area contributed by atoms with Crippen LogP contribution in [0.3, 0.4) is 0 Å². The van der Waals surface area contributed by atoms with E-state index in [0.717, 1.165) is 70.0 Å². The van der Waals surface area contributed by atoms with Crippen molar-refractivity contribution in [1.29, 1.82) is 0 Å². The molecule has 0 saturated carbocycles. The third-order valence-electron chi connectivity index (χ3n) is 8.54. The molecule has 2 fully saturated rings. The van der Waals surface area contributed by atoms with Crippen LogP contribution in [0.25, 0.3) is 22.3 Å². The summed E-state index contributed by atoms with van der Waals surface area (Å²) in [6.45, 7) is 12.9. The number of fused-ring (bicyclic) bond motifs is 1. The van der Waals surface area contributed by atoms with Crippen molar-refractivity contribution >= 4 is 22.8 Å². The van der Waals surface area contributed by atoms with Crippen LogP contribution < -0.4 is 0 Å². The standard InChI is InChI=1S/C37H38N6O2/c1-4-6-10-34(44)42-20-8-9-32(42)36-38-23-31(41-36)28-17-14-26(15-18-28)12-13-27-16-19-29-30(22-27)40-37(39-29)33-21-25(3)24-43(33)35(45)11-7-5-2/h4-5,14-19,22-23,32-33H,1-3,6-11,20-21,24H2,(H,38,41)(H,39,40)/t32-,33-/m0/s1. The highest BCUT2D eigenvalue weighted by atomic mass is 16.2. The molecular weight excluding hydrogens is 560 g/mol. The Labute approximate surface area is 264 Å². The first-order valence-corrected chi connectivity index (χ1v) is 15.6. The number of carbonyl (C=O) groups is 2. The second kappa shape index (κ2) is 13.2. The van der Waals surface area contributed by atoms with E-state index in [1.165, 1.54) is 0 Å². The molecule has 2 saturated heterocycles. The maximum atomic E-state index is 12.8. The lowest BCUT2D eigenvalue weighted by Crippen LogP contribution is -2.30. The second-order valence-corrected chi connectivity index (χ2v) is 11.8. The third-order valence-corrected chi connectivity index (χ3v) is 8.54. The maximum absolute atomic E-state index is 12.8. The van der Waals surface area contributed by atoms with Gasteiger partial charge in [-0.1, -0.05) is 48.3 Å². The molecule has 4 heterocycles. The summed E-state index contributed by atoms with van der Waals surface area (Å²) in [6.07, 6.45) is 10.3. The van der Waals surface area contributed by atoms with Crippen molar-refractivity contribution in [3.8, 4) is 23.1 Å². The van der Waals surface area contributed by atoms with Crippen LogP contribution in [-0.4, -0.2) is 54.6 Å². The van der Waals surface area contributed by atoms with E-state index in [9.17, 15) is 9.59 Å². The molecule has 2 atom stereocenters. The molecule has 0 spiro atoms. The number of hydrogen-bond donors (Lipinski definition) is 2. The van der Waals surface area contributed by atoms with E-state index >= 15 is 0 Å². The van der Waals surface area contributed by atoms with E-state index in [1.807, 2.05) is 58.5 Å². The molecule has 228 valence electrons. The number of aromatic amines is 2. The van der Waals surface area contributed by atoms with Gasteiger partial charge in [0, 0.05) is 37.1 Å². The number of imidazole rings is 2. The predicted octanol–water partition coefficient (Wildman–Crippen LogP) is 6.78. The van der Waals surface area contributed by atoms with Crippen LogP contribution in [0.5, 0.6) is 0 Å². The van der Waals surface area contributed by atoms with Gasteiger partial charge in [-0.2, -0.15) is 0 Å². The molecule has 2 aromatic heterocycles. The predicted molar refractivity (Wildman–Crippen MR) is 177 cm³/mol. The molecule has 6 rings (SSSR count). The van der Waals surface area contributed by atoms with Gasteiger partial charge in [0.1, 0.15) is 11.6 Å². The lowest BCUT2D eigenvalue weighted by Gasteiger charge is -2.23. The molecule has 45 heavy (non-hydrogen) atoms. The summed E-state index contributed by atoms with van der Waals surface area (Å²) < 4.78 is 0. The zero-order chi connectivity index (χ0) is 31.3. The molecule has 4 aromatic rings. The number of rotatable bonds is 9. The Kier molecular flexibility index (Phi) is 8.79. The van der Waals surface area contributed by atoms with Crippen LogP contribution in [0.15, 0.2) is 86.1 Å². The topological polar surface area (TPSA) is 98.0 Å². The Hall–Kier alpha value is -5.16. The van der Waals surface area contributed by atoms with Gasteiger partial charge in [-0.15, -0.1) is 13.2 Å². The number of allylic oxidation sites excluding steroid dienone is 2. The Bertz CT molecular complexity index is 1820. The molecular formula is C37H38N6O2. The van der Waals surface area contributed by atoms with Crippen molar-refractivity contribution in [3.05, 3.63) is 109 Å². The molecule has 0 aliphatic carbocycles. The van der Waals surface area contributed by atoms with Crippen molar-refractivity contribution in [3.63, 3.8) is 0 Å². The van der Waals surface area contributed by atoms with Gasteiger partial charge in [-0.25, -0.2) is 9.97 Å². The van der Waals surface area contributed by atoms with Crippen LogP contribution in [0.2, 0.25) is 0 Å². The van der Waals surface area contributed by atoms with E-state index in [-0.39, 0.29) is 23.9 Å². The van der Waals surface area contributed by atoms with Crippen LogP contribution >= 0.6 is 0 Å². The van der Waals surface area contributed by atoms with Gasteiger partial charge in [-0.05, 0) is 68.0 Å². The fourth-order valence-corrected chi connectivity index (χ4v) is 6.19. The molecule has 2 aromatic carbocycles. The van der Waals surface area contributed by atoms with Crippen LogP contribution in [0.4, 0.5) is 0 Å². The van der Waals surface area contributed by atoms with E-state index < -0.39 is 0 Å². The van der Waals surface area contributed by atoms with Crippen LogP contribution in [-0.2, 0) is 9.59 Å². The summed E-state index contributed by atoms with van der Waals surface area (Å²) in [5.41, 5.74) is 6.47. The van der Waals surface area contributed by atoms with E-state index in [4.69, 9.17) is 4.98 Å². The highest BCUT2D eigenvalue weighted by molar-refractivity contribution is 5.80. The quantitative estimate of drug-likeness (QED) is 0.164. The second-order valence-electron chi connectivity index (χ2n) is 11.8. The average Bonchev–Trinajstić information content (AvgIpc) is 3.87. The Morgan fingerprint density at radius 3 is 2.38 bits per heavy atom. The number of benzene rings is 2. The number of carbonyl (C=O) groups excluding carboxylic acids is 2. The molecule has 0 radical (unpaired) electrons. The number of likely N-dealkylation sites (tertiary alicyclic amines) is 2. The first-order valence-electron chi connectivity index (χ1n) is 15.6. The van der Waals surface area contributed by atoms with E-state index in [2.05, 4.69) is 46.5 Å². The summed E-state index contributed by atoms with van der Waals surface area (Å²) in [5, 5.41) is 0. The van der Waals surface area contributed by atoms with E-state index in [1.54, 1.807) is 12.2 Å². The smallest absolute Gasteiger partial charge is 0.223 e. The Morgan fingerprint density at radius 1 is 0.911 bits per heavy atom. The Balaban J connectivity index is 1.13. The maximum Gasteiger partial charge on any atom is 0.223 e. The van der Waals surface area contributed by atoms with Crippen molar-refractivity contribution < 1.29 is 9.59 Å². The van der Waals surface area contributed by atoms with Crippen molar-refractivity contribution in [2.24, 2.45) is 0 Å². The van der Waals surface area contributed by atoms with Crippen molar-refractivity contribution in [1.82, 2.24) is 29.7 Å². The molecule has 0 bridgehead atoms. The molecule has 2 amide bonds. The summed E-state index contributed by atoms with van der Waals surface area (Å²) >= 11 is 0. The van der Waals surface area contributed by atoms with Gasteiger partial charge in [0.25, 0.3) is 0 Å². The average molecular weight is 599 g/mol. The zero-order valence-electron chi connectivity index (χ0n) is 25.5. The highest BCUT2D eigenvalue weighted by Crippen LogP contribution is 2.35. The SMILES string of the molecule is C=CCCC(=O)N1CCC[C@H]1c1ncc(-c2ccc(C#Cc3ccc4nc([C@@H]5CC(=C)CN5C(=O)CCC=C)[nH]c4c3)cc2)[nH]1. The normalized spacial score (nSPS) is 17.8. The fraction of sp³-hybridized carbons (Fsp3) is 0.297. The van der Waals surface area contributed by atoms with Crippen molar-refractivity contribution in [2.75, 3.05) is 13.1 Å². The van der Waals surface area contributed by atoms with Gasteiger partial charge in [0.2, 0.25) is 11.8 Å². The van der Waals surface area contributed by atoms with Crippen LogP contribution in [0.1, 0.15) is 79.8 Å². The molecule has 8 heteroatoms. The minimum atomic E-state index is -0.136. The first kappa shape index (κ1) is 29.9. The lowest BCUT2D eigenvalue weighted by molar-refractivity contribution is -0.132. The summed E-state index contributed by atoms with van der Waals surface area (Å²) in [5.74, 6) is 8.39. The molecule has 2 aliphatic rings. The number of nitrogens with one attached hydrogen (secondary N) is 2. The third kappa shape index (κ3) is 6.53. The summed E-state index contributed by atoms with van der Waals surface area (Å²) in [4.78, 5) is 45.6. The molecule has 2 aliphatic heterocycles. The molecule has 8 nitrogen and oxygen atoms in total. The van der Waals surface area contributed by atoms with Gasteiger partial charge in [-0.3, -0.25) is 9.59 Å². The lowest BCUT2D eigenvalue weighted by atomic mass is 10.1. The fourth-order valence-electron chi connectivity index (χ4n) is 6.19. The summed E-state index contributed by atoms with van der Waals surface area (Å²) in [6, 6.07) is 13.9. The zero-order valence-corrected chi connectivity index (χ0v) is 25.5. The molecule has 2 N–H and O–H groups in total. The van der Waals surface area contributed by atoms with Crippen LogP contribution in [0, 0.1) is 11.8 Å². The number of nitrogens with zero attached hydrogens (tertiary/aromatic N) is 4. The van der Waals surface area contributed by atoms with E-state index in [0.29, 0.717) is 38.6 Å². The van der Waals surface area contributed by atoms with Gasteiger partial charge in [0.05, 0.1) is 35.0 Å². The van der Waals surface area contributed by atoms with Gasteiger partial charge >= 0.3 is 0 Å². The molecule has 0 unspecified atom stereocenters. The summed E-state index contributed by atoms with van der Waals surface area (Å²) in [7, 11) is 0. The monoisotopic (exact) mass is 598 g/mol. The Morgan fingerprint density at radius 2 is 1.62 bits per heavy atom. The minimum Gasteiger partial charge on any atom is -0.340 e. The highest BCUT2D eigenvalue weighted by Gasteiger charge is 2.34. The number of H-pyrrole nitrogens is 2. The van der Waals surface area contributed by atoms with Gasteiger partial charge < -0.3 is 19.8 Å². The minimum absolute atomic E-state index is 0.00844. The number of amides is 2. The number of hydrogen-bond acceptors (Lipinski definition) is 4.